The number of ether oxygens (including phenoxy) is 1. The summed E-state index contributed by atoms with van der Waals surface area (Å²) in [5, 5.41) is 0. The van der Waals surface area contributed by atoms with E-state index in [1.165, 1.54) is 38.2 Å². The molecule has 0 saturated heterocycles. The van der Waals surface area contributed by atoms with E-state index in [1.54, 1.807) is 43.8 Å². The van der Waals surface area contributed by atoms with Crippen molar-refractivity contribution >= 4 is 22.2 Å². The van der Waals surface area contributed by atoms with Crippen LogP contribution in [0.3, 0.4) is 0 Å². The van der Waals surface area contributed by atoms with Gasteiger partial charge < -0.3 is 14.7 Å². The molecule has 2 heterocycles. The van der Waals surface area contributed by atoms with E-state index in [4.69, 9.17) is 14.7 Å². The highest BCUT2D eigenvalue weighted by Gasteiger charge is 2.49. The fourth-order valence-corrected chi connectivity index (χ4v) is 4.26. The van der Waals surface area contributed by atoms with Gasteiger partial charge in [0.05, 0.1) is 13.3 Å². The van der Waals surface area contributed by atoms with E-state index in [9.17, 15) is 13.2 Å². The summed E-state index contributed by atoms with van der Waals surface area (Å²) in [7, 11) is 1.82. The number of nitrogens with zero attached hydrogens (tertiary/aromatic N) is 4. The lowest BCUT2D eigenvalue weighted by atomic mass is 9.81. The van der Waals surface area contributed by atoms with Crippen LogP contribution in [0, 0.1) is 0 Å². The molecule has 1 aliphatic heterocycles. The number of methoxy groups -OCH3 is 1. The average Bonchev–Trinajstić information content (AvgIpc) is 3.08. The maximum atomic E-state index is 13.6. The van der Waals surface area contributed by atoms with Gasteiger partial charge in [-0.15, -0.1) is 0 Å². The van der Waals surface area contributed by atoms with E-state index in [2.05, 4.69) is 9.98 Å². The predicted molar refractivity (Wildman–Crippen MR) is 131 cm³/mol. The number of hydrogen-bond donors (Lipinski definition) is 1. The van der Waals surface area contributed by atoms with E-state index in [1.807, 2.05) is 18.2 Å². The van der Waals surface area contributed by atoms with Crippen molar-refractivity contribution in [3.63, 3.8) is 0 Å². The molecule has 0 aliphatic carbocycles. The molecule has 10 nitrogen and oxygen atoms in total. The number of rotatable bonds is 7. The Bertz CT molecular complexity index is 1420. The summed E-state index contributed by atoms with van der Waals surface area (Å²) in [6.07, 6.45) is 3.29. The first-order chi connectivity index (χ1) is 16.6. The van der Waals surface area contributed by atoms with Crippen molar-refractivity contribution in [1.82, 2.24) is 14.2 Å². The van der Waals surface area contributed by atoms with Crippen molar-refractivity contribution in [2.45, 2.75) is 5.54 Å². The van der Waals surface area contributed by atoms with Crippen LogP contribution in [-0.4, -0.2) is 62.7 Å². The quantitative estimate of drug-likeness (QED) is 0.531. The summed E-state index contributed by atoms with van der Waals surface area (Å²) in [6, 6.07) is 15.4. The highest BCUT2D eigenvalue weighted by Crippen LogP contribution is 2.41. The number of hydrogen-bond acceptors (Lipinski definition) is 8. The van der Waals surface area contributed by atoms with Gasteiger partial charge >= 0.3 is 10.3 Å². The Hall–Kier alpha value is -3.96. The van der Waals surface area contributed by atoms with Gasteiger partial charge in [-0.1, -0.05) is 30.3 Å². The first-order valence-electron chi connectivity index (χ1n) is 10.5. The minimum atomic E-state index is -4.00. The Balaban J connectivity index is 1.88. The maximum absolute atomic E-state index is 13.6. The molecular weight excluding hydrogens is 470 g/mol. The molecule has 1 aromatic heterocycles. The van der Waals surface area contributed by atoms with Crippen LogP contribution < -0.4 is 14.7 Å². The van der Waals surface area contributed by atoms with Crippen LogP contribution in [-0.2, 0) is 20.6 Å². The van der Waals surface area contributed by atoms with Gasteiger partial charge in [-0.3, -0.25) is 14.7 Å². The fourth-order valence-electron chi connectivity index (χ4n) is 3.77. The molecule has 11 heteroatoms. The van der Waals surface area contributed by atoms with Gasteiger partial charge in [-0.25, -0.2) is 4.99 Å². The molecule has 0 radical (unpaired) electrons. The zero-order valence-electron chi connectivity index (χ0n) is 19.7. The monoisotopic (exact) mass is 495 g/mol. The third-order valence-electron chi connectivity index (χ3n) is 5.70. The Morgan fingerprint density at radius 1 is 0.971 bits per heavy atom. The number of pyridine rings is 1. The Morgan fingerprint density at radius 2 is 1.66 bits per heavy atom. The minimum absolute atomic E-state index is 0.0377. The van der Waals surface area contributed by atoms with E-state index >= 15 is 0 Å². The van der Waals surface area contributed by atoms with Gasteiger partial charge in [-0.2, -0.15) is 12.7 Å². The van der Waals surface area contributed by atoms with E-state index in [0.717, 1.165) is 15.4 Å². The van der Waals surface area contributed by atoms with Crippen molar-refractivity contribution in [2.75, 3.05) is 28.3 Å². The molecule has 2 aromatic carbocycles. The predicted octanol–water partition coefficient (Wildman–Crippen LogP) is 1.97. The molecule has 182 valence electrons. The number of benzene rings is 2. The van der Waals surface area contributed by atoms with Crippen molar-refractivity contribution in [3.8, 4) is 22.6 Å². The third-order valence-corrected chi connectivity index (χ3v) is 7.00. The van der Waals surface area contributed by atoms with E-state index < -0.39 is 15.8 Å². The lowest BCUT2D eigenvalue weighted by Gasteiger charge is -2.27. The maximum Gasteiger partial charge on any atom is 0.384 e. The molecule has 0 saturated carbocycles. The van der Waals surface area contributed by atoms with Gasteiger partial charge in [0.2, 0.25) is 0 Å². The summed E-state index contributed by atoms with van der Waals surface area (Å²) >= 11 is 0. The molecule has 0 spiro atoms. The SMILES string of the molecule is COc1cncc(-c2cccc(C3(c4cccc(OS(=O)(=O)N(C)C)c4)N=C(N)N(C)C3=O)c2)c1. The van der Waals surface area contributed by atoms with Gasteiger partial charge in [0, 0.05) is 32.9 Å². The molecule has 2 N–H and O–H groups in total. The third kappa shape index (κ3) is 4.31. The van der Waals surface area contributed by atoms with E-state index in [0.29, 0.717) is 16.9 Å². The lowest BCUT2D eigenvalue weighted by Crippen LogP contribution is -2.41. The number of nitrogens with two attached hydrogens (primary N) is 1. The summed E-state index contributed by atoms with van der Waals surface area (Å²) < 4.78 is 36.0. The van der Waals surface area contributed by atoms with Crippen LogP contribution in [0.4, 0.5) is 0 Å². The number of aliphatic imine (C=N–C) groups is 1. The molecule has 1 aliphatic rings. The Kier molecular flexibility index (Phi) is 6.22. The summed E-state index contributed by atoms with van der Waals surface area (Å²) in [4.78, 5) is 23.7. The van der Waals surface area contributed by atoms with Gasteiger partial charge in [0.25, 0.3) is 5.91 Å². The van der Waals surface area contributed by atoms with E-state index in [-0.39, 0.29) is 17.6 Å². The molecule has 3 aromatic rings. The van der Waals surface area contributed by atoms with Crippen molar-refractivity contribution in [3.05, 3.63) is 78.1 Å². The Morgan fingerprint density at radius 3 is 2.29 bits per heavy atom. The lowest BCUT2D eigenvalue weighted by molar-refractivity contribution is -0.129. The van der Waals surface area contributed by atoms with Crippen molar-refractivity contribution in [2.24, 2.45) is 10.7 Å². The highest BCUT2D eigenvalue weighted by atomic mass is 32.2. The standard InChI is InChI=1S/C24H25N5O5S/c1-28(2)35(31,32)34-20-10-6-9-19(13-20)24(22(30)29(3)23(25)27-24)18-8-5-7-16(11-18)17-12-21(33-4)15-26-14-17/h5-15H,1-4H3,(H2,25,27). The zero-order chi connectivity index (χ0) is 25.4. The molecular formula is C24H25N5O5S. The second kappa shape index (κ2) is 9.01. The smallest absolute Gasteiger partial charge is 0.384 e. The van der Waals surface area contributed by atoms with Crippen LogP contribution in [0.5, 0.6) is 11.5 Å². The normalized spacial score (nSPS) is 18.0. The molecule has 0 bridgehead atoms. The molecule has 4 rings (SSSR count). The van der Waals surface area contributed by atoms with Crippen LogP contribution in [0.25, 0.3) is 11.1 Å². The van der Waals surface area contributed by atoms with Crippen LogP contribution >= 0.6 is 0 Å². The fraction of sp³-hybridized carbons (Fsp3) is 0.208. The summed E-state index contributed by atoms with van der Waals surface area (Å²) in [6.45, 7) is 0. The van der Waals surface area contributed by atoms with Gasteiger partial charge in [-0.05, 0) is 41.0 Å². The highest BCUT2D eigenvalue weighted by molar-refractivity contribution is 7.84. The van der Waals surface area contributed by atoms with Crippen molar-refractivity contribution in [1.29, 1.82) is 0 Å². The van der Waals surface area contributed by atoms with Crippen LogP contribution in [0.15, 0.2) is 72.0 Å². The number of carbonyl (C=O) groups is 1. The van der Waals surface area contributed by atoms with Gasteiger partial charge in [0.15, 0.2) is 11.5 Å². The molecule has 35 heavy (non-hydrogen) atoms. The van der Waals surface area contributed by atoms with Gasteiger partial charge in [0.1, 0.15) is 11.5 Å². The molecule has 1 unspecified atom stereocenters. The first kappa shape index (κ1) is 24.2. The average molecular weight is 496 g/mol. The number of amides is 1. The van der Waals surface area contributed by atoms with Crippen LogP contribution in [0.1, 0.15) is 11.1 Å². The number of aromatic nitrogens is 1. The summed E-state index contributed by atoms with van der Waals surface area (Å²) in [5.74, 6) is 0.285. The van der Waals surface area contributed by atoms with Crippen molar-refractivity contribution < 1.29 is 22.1 Å². The topological polar surface area (TPSA) is 127 Å². The Labute approximate surface area is 203 Å². The zero-order valence-corrected chi connectivity index (χ0v) is 20.5. The number of guanidine groups is 1. The largest absolute Gasteiger partial charge is 0.495 e. The number of carbonyl (C=O) groups excluding carboxylic acids is 1. The second-order valence-corrected chi connectivity index (χ2v) is 9.84. The first-order valence-corrected chi connectivity index (χ1v) is 11.9. The number of likely N-dealkylation sites (N-methyl/N-ethyl adjacent to an activating group) is 1. The molecule has 1 atom stereocenters. The molecule has 0 fully saturated rings. The minimum Gasteiger partial charge on any atom is -0.495 e. The molecule has 1 amide bonds. The van der Waals surface area contributed by atoms with Crippen LogP contribution in [0.2, 0.25) is 0 Å². The summed E-state index contributed by atoms with van der Waals surface area (Å²) in [5.41, 5.74) is 7.06. The second-order valence-electron chi connectivity index (χ2n) is 8.09.